The van der Waals surface area contributed by atoms with E-state index in [4.69, 9.17) is 10.7 Å². The Balaban J connectivity index is 2.04. The van der Waals surface area contributed by atoms with E-state index in [1.54, 1.807) is 0 Å². The van der Waals surface area contributed by atoms with Crippen LogP contribution in [0.25, 0.3) is 0 Å². The maximum absolute atomic E-state index is 5.53. The topological polar surface area (TPSA) is 43.8 Å². The first-order chi connectivity index (χ1) is 7.81. The number of rotatable bonds is 4. The Labute approximate surface area is 98.1 Å². The predicted octanol–water partition coefficient (Wildman–Crippen LogP) is 2.36. The summed E-state index contributed by atoms with van der Waals surface area (Å²) in [6, 6.07) is 0. The lowest BCUT2D eigenvalue weighted by Crippen LogP contribution is -2.09. The quantitative estimate of drug-likeness (QED) is 0.848. The van der Waals surface area contributed by atoms with E-state index >= 15 is 0 Å². The van der Waals surface area contributed by atoms with Crippen molar-refractivity contribution in [2.24, 2.45) is 12.8 Å². The highest BCUT2D eigenvalue weighted by Crippen LogP contribution is 2.31. The van der Waals surface area contributed by atoms with E-state index < -0.39 is 0 Å². The largest absolute Gasteiger partial charge is 0.337 e. The Morgan fingerprint density at radius 2 is 2.12 bits per heavy atom. The third-order valence-corrected chi connectivity index (χ3v) is 3.57. The predicted molar refractivity (Wildman–Crippen MR) is 66.4 cm³/mol. The molecule has 1 fully saturated rings. The van der Waals surface area contributed by atoms with Crippen LogP contribution in [-0.4, -0.2) is 16.1 Å². The van der Waals surface area contributed by atoms with E-state index in [0.717, 1.165) is 19.4 Å². The molecule has 0 saturated heterocycles. The zero-order valence-corrected chi connectivity index (χ0v) is 10.3. The van der Waals surface area contributed by atoms with Gasteiger partial charge in [0.25, 0.3) is 0 Å². The second-order valence-electron chi connectivity index (χ2n) is 4.93. The van der Waals surface area contributed by atoms with Crippen LogP contribution in [0.4, 0.5) is 0 Å². The van der Waals surface area contributed by atoms with Gasteiger partial charge in [-0.05, 0) is 32.2 Å². The van der Waals surface area contributed by atoms with Crippen molar-refractivity contribution in [2.45, 2.75) is 50.9 Å². The second kappa shape index (κ2) is 5.48. The SMILES string of the molecule is Cn1cc(CCCN)nc1C1CCCCC1. The number of nitrogens with two attached hydrogens (primary N) is 1. The Bertz CT molecular complexity index is 324. The van der Waals surface area contributed by atoms with Crippen LogP contribution >= 0.6 is 0 Å². The Morgan fingerprint density at radius 3 is 2.81 bits per heavy atom. The van der Waals surface area contributed by atoms with Crippen molar-refractivity contribution in [3.63, 3.8) is 0 Å². The minimum absolute atomic E-state index is 0.699. The maximum Gasteiger partial charge on any atom is 0.111 e. The summed E-state index contributed by atoms with van der Waals surface area (Å²) >= 11 is 0. The first-order valence-corrected chi connectivity index (χ1v) is 6.53. The van der Waals surface area contributed by atoms with Crippen molar-refractivity contribution in [3.8, 4) is 0 Å². The number of nitrogens with zero attached hydrogens (tertiary/aromatic N) is 2. The van der Waals surface area contributed by atoms with Crippen LogP contribution in [0.1, 0.15) is 56.0 Å². The highest BCUT2D eigenvalue weighted by atomic mass is 15.1. The molecule has 0 radical (unpaired) electrons. The molecule has 1 heterocycles. The second-order valence-corrected chi connectivity index (χ2v) is 4.93. The van der Waals surface area contributed by atoms with E-state index in [1.165, 1.54) is 43.6 Å². The summed E-state index contributed by atoms with van der Waals surface area (Å²) in [5.74, 6) is 2.00. The molecule has 0 amide bonds. The fraction of sp³-hybridized carbons (Fsp3) is 0.769. The average molecular weight is 221 g/mol. The average Bonchev–Trinajstić information content (AvgIpc) is 2.69. The summed E-state index contributed by atoms with van der Waals surface area (Å²) in [4.78, 5) is 4.78. The van der Waals surface area contributed by atoms with Gasteiger partial charge in [-0.2, -0.15) is 0 Å². The molecule has 16 heavy (non-hydrogen) atoms. The van der Waals surface area contributed by atoms with Crippen molar-refractivity contribution in [1.29, 1.82) is 0 Å². The van der Waals surface area contributed by atoms with E-state index in [9.17, 15) is 0 Å². The molecule has 1 aromatic rings. The van der Waals surface area contributed by atoms with Crippen LogP contribution in [0.3, 0.4) is 0 Å². The highest BCUT2D eigenvalue weighted by molar-refractivity contribution is 5.09. The van der Waals surface area contributed by atoms with Crippen LogP contribution in [0.5, 0.6) is 0 Å². The fourth-order valence-electron chi connectivity index (χ4n) is 2.69. The fourth-order valence-corrected chi connectivity index (χ4v) is 2.69. The molecule has 2 rings (SSSR count). The Kier molecular flexibility index (Phi) is 3.99. The third-order valence-electron chi connectivity index (χ3n) is 3.57. The van der Waals surface area contributed by atoms with Gasteiger partial charge in [-0.3, -0.25) is 0 Å². The van der Waals surface area contributed by atoms with Crippen molar-refractivity contribution in [2.75, 3.05) is 6.54 Å². The van der Waals surface area contributed by atoms with Gasteiger partial charge in [0.15, 0.2) is 0 Å². The van der Waals surface area contributed by atoms with Crippen molar-refractivity contribution >= 4 is 0 Å². The first kappa shape index (κ1) is 11.6. The van der Waals surface area contributed by atoms with Crippen LogP contribution in [0, 0.1) is 0 Å². The smallest absolute Gasteiger partial charge is 0.111 e. The molecule has 3 heteroatoms. The summed E-state index contributed by atoms with van der Waals surface area (Å²) < 4.78 is 2.22. The lowest BCUT2D eigenvalue weighted by molar-refractivity contribution is 0.421. The molecular weight excluding hydrogens is 198 g/mol. The first-order valence-electron chi connectivity index (χ1n) is 6.53. The number of aromatic nitrogens is 2. The Morgan fingerprint density at radius 1 is 1.38 bits per heavy atom. The third kappa shape index (κ3) is 2.64. The summed E-state index contributed by atoms with van der Waals surface area (Å²) in [7, 11) is 2.13. The Hall–Kier alpha value is -0.830. The summed E-state index contributed by atoms with van der Waals surface area (Å²) in [6.45, 7) is 0.759. The van der Waals surface area contributed by atoms with Gasteiger partial charge in [-0.25, -0.2) is 4.98 Å². The van der Waals surface area contributed by atoms with E-state index in [2.05, 4.69) is 17.8 Å². The molecule has 0 spiro atoms. The van der Waals surface area contributed by atoms with E-state index in [0.29, 0.717) is 5.92 Å². The van der Waals surface area contributed by atoms with Crippen LogP contribution in [0.2, 0.25) is 0 Å². The van der Waals surface area contributed by atoms with Gasteiger partial charge in [0.05, 0.1) is 5.69 Å². The summed E-state index contributed by atoms with van der Waals surface area (Å²) in [5, 5.41) is 0. The van der Waals surface area contributed by atoms with Crippen molar-refractivity contribution in [1.82, 2.24) is 9.55 Å². The van der Waals surface area contributed by atoms with Crippen LogP contribution in [0.15, 0.2) is 6.20 Å². The van der Waals surface area contributed by atoms with Gasteiger partial charge < -0.3 is 10.3 Å². The minimum atomic E-state index is 0.699. The molecule has 3 nitrogen and oxygen atoms in total. The normalized spacial score (nSPS) is 17.9. The van der Waals surface area contributed by atoms with Crippen LogP contribution < -0.4 is 5.73 Å². The lowest BCUT2D eigenvalue weighted by atomic mass is 9.89. The van der Waals surface area contributed by atoms with Gasteiger partial charge in [-0.1, -0.05) is 19.3 Å². The van der Waals surface area contributed by atoms with Gasteiger partial charge >= 0.3 is 0 Å². The summed E-state index contributed by atoms with van der Waals surface area (Å²) in [6.07, 6.45) is 11.0. The van der Waals surface area contributed by atoms with Crippen molar-refractivity contribution in [3.05, 3.63) is 17.7 Å². The number of hydrogen-bond acceptors (Lipinski definition) is 2. The monoisotopic (exact) mass is 221 g/mol. The summed E-state index contributed by atoms with van der Waals surface area (Å²) in [5.41, 5.74) is 6.75. The van der Waals surface area contributed by atoms with E-state index in [1.807, 2.05) is 0 Å². The molecule has 2 N–H and O–H groups in total. The molecule has 1 aromatic heterocycles. The lowest BCUT2D eigenvalue weighted by Gasteiger charge is -2.20. The molecule has 0 aromatic carbocycles. The van der Waals surface area contributed by atoms with Gasteiger partial charge in [-0.15, -0.1) is 0 Å². The zero-order chi connectivity index (χ0) is 11.4. The molecule has 0 atom stereocenters. The number of hydrogen-bond donors (Lipinski definition) is 1. The molecule has 1 saturated carbocycles. The molecule has 0 aliphatic heterocycles. The zero-order valence-electron chi connectivity index (χ0n) is 10.3. The molecule has 0 unspecified atom stereocenters. The van der Waals surface area contributed by atoms with E-state index in [-0.39, 0.29) is 0 Å². The van der Waals surface area contributed by atoms with Crippen LogP contribution in [-0.2, 0) is 13.5 Å². The molecule has 1 aliphatic carbocycles. The molecule has 1 aliphatic rings. The minimum Gasteiger partial charge on any atom is -0.337 e. The van der Waals surface area contributed by atoms with Gasteiger partial charge in [0, 0.05) is 19.2 Å². The highest BCUT2D eigenvalue weighted by Gasteiger charge is 2.19. The molecule has 90 valence electrons. The maximum atomic E-state index is 5.53. The molecular formula is C13H23N3. The number of imidazole rings is 1. The number of aryl methyl sites for hydroxylation is 2. The van der Waals surface area contributed by atoms with Crippen molar-refractivity contribution < 1.29 is 0 Å². The molecule has 0 bridgehead atoms. The standard InChI is InChI=1S/C13H23N3/c1-16-10-12(8-5-9-14)15-13(16)11-6-3-2-4-7-11/h10-11H,2-9,14H2,1H3. The van der Waals surface area contributed by atoms with Gasteiger partial charge in [0.1, 0.15) is 5.82 Å². The van der Waals surface area contributed by atoms with Gasteiger partial charge in [0.2, 0.25) is 0 Å².